The zero-order chi connectivity index (χ0) is 20.0. The highest BCUT2D eigenvalue weighted by molar-refractivity contribution is 5.83. The lowest BCUT2D eigenvalue weighted by Gasteiger charge is -2.07. The number of nitrogens with one attached hydrogen (secondary N) is 2. The van der Waals surface area contributed by atoms with Gasteiger partial charge in [0.1, 0.15) is 5.78 Å². The number of ether oxygens (including phenoxy) is 3. The molecule has 7 heteroatoms. The van der Waals surface area contributed by atoms with Crippen LogP contribution in [0.25, 0.3) is 0 Å². The van der Waals surface area contributed by atoms with Gasteiger partial charge in [0.25, 0.3) is 0 Å². The summed E-state index contributed by atoms with van der Waals surface area (Å²) in [5.74, 6) is -0.0508. The van der Waals surface area contributed by atoms with Gasteiger partial charge >= 0.3 is 0 Å². The lowest BCUT2D eigenvalue weighted by molar-refractivity contribution is -0.124. The molecule has 1 aliphatic carbocycles. The van der Waals surface area contributed by atoms with E-state index in [9.17, 15) is 9.59 Å². The predicted molar refractivity (Wildman–Crippen MR) is 109 cm³/mol. The van der Waals surface area contributed by atoms with Gasteiger partial charge in [0.05, 0.1) is 26.4 Å². The molecule has 1 saturated carbocycles. The topological polar surface area (TPSA) is 85.9 Å². The van der Waals surface area contributed by atoms with E-state index in [0.717, 1.165) is 26.0 Å². The van der Waals surface area contributed by atoms with Crippen molar-refractivity contribution in [3.05, 3.63) is 0 Å². The molecule has 1 rings (SSSR count). The van der Waals surface area contributed by atoms with E-state index in [2.05, 4.69) is 10.6 Å². The number of ketones is 1. The van der Waals surface area contributed by atoms with E-state index in [1.54, 1.807) is 0 Å². The Labute approximate surface area is 166 Å². The summed E-state index contributed by atoms with van der Waals surface area (Å²) in [6, 6.07) is 0. The van der Waals surface area contributed by atoms with E-state index in [4.69, 9.17) is 14.2 Å². The molecule has 0 bridgehead atoms. The molecular formula is C20H42N2O5. The molecule has 27 heavy (non-hydrogen) atoms. The van der Waals surface area contributed by atoms with Crippen LogP contribution in [0.1, 0.15) is 59.7 Å². The molecule has 0 aromatic heterocycles. The van der Waals surface area contributed by atoms with Crippen molar-refractivity contribution in [2.24, 2.45) is 0 Å². The van der Waals surface area contributed by atoms with Crippen LogP contribution in [0.3, 0.4) is 0 Å². The number of carbonyl (C=O) groups excluding carboxylic acids is 2. The first-order chi connectivity index (χ1) is 13.2. The van der Waals surface area contributed by atoms with Crippen LogP contribution in [-0.4, -0.2) is 71.5 Å². The first-order valence-electron chi connectivity index (χ1n) is 10.3. The Bertz CT molecular complexity index is 351. The Balaban J connectivity index is 0. The fourth-order valence-electron chi connectivity index (χ4n) is 1.92. The fourth-order valence-corrected chi connectivity index (χ4v) is 1.92. The van der Waals surface area contributed by atoms with Crippen molar-refractivity contribution in [2.45, 2.75) is 58.3 Å². The molecule has 0 unspecified atom stereocenters. The summed E-state index contributed by atoms with van der Waals surface area (Å²) in [4.78, 5) is 22.1. The largest absolute Gasteiger partial charge is 0.379 e. The Kier molecular flexibility index (Phi) is 20.5. The molecule has 2 N–H and O–H groups in total. The van der Waals surface area contributed by atoms with Crippen LogP contribution < -0.4 is 10.6 Å². The van der Waals surface area contributed by atoms with Crippen molar-refractivity contribution in [2.75, 3.05) is 59.8 Å². The minimum Gasteiger partial charge on any atom is -0.379 e. The molecule has 0 aromatic carbocycles. The number of carbonyl (C=O) groups is 2. The Morgan fingerprint density at radius 1 is 0.778 bits per heavy atom. The second kappa shape index (κ2) is 21.3. The maximum atomic E-state index is 11.3. The van der Waals surface area contributed by atoms with Gasteiger partial charge in [-0.1, -0.05) is 25.7 Å². The predicted octanol–water partition coefficient (Wildman–Crippen LogP) is 2.33. The molecule has 0 heterocycles. The first-order valence-corrected chi connectivity index (χ1v) is 10.3. The second-order valence-electron chi connectivity index (χ2n) is 6.61. The Hall–Kier alpha value is -1.02. The van der Waals surface area contributed by atoms with E-state index in [0.29, 0.717) is 46.0 Å². The number of hydrogen-bond acceptors (Lipinski definition) is 6. The molecular weight excluding hydrogens is 348 g/mol. The average molecular weight is 392 g/mol. The van der Waals surface area contributed by atoms with E-state index in [-0.39, 0.29) is 19.5 Å². The molecule has 0 aliphatic heterocycles. The fraction of sp³-hybridized carbons (Fsp3) is 0.900. The molecule has 0 radical (unpaired) electrons. The highest BCUT2D eigenvalue weighted by Gasteiger charge is 2.02. The normalized spacial score (nSPS) is 12.7. The highest BCUT2D eigenvalue weighted by atomic mass is 16.5. The Morgan fingerprint density at radius 2 is 1.26 bits per heavy atom. The number of rotatable bonds is 17. The van der Waals surface area contributed by atoms with Gasteiger partial charge in [0.2, 0.25) is 5.91 Å². The first kappa shape index (κ1) is 26.0. The summed E-state index contributed by atoms with van der Waals surface area (Å²) >= 11 is 0. The highest BCUT2D eigenvalue weighted by Crippen LogP contribution is 2.15. The van der Waals surface area contributed by atoms with Gasteiger partial charge in [-0.05, 0) is 33.4 Å². The van der Waals surface area contributed by atoms with Crippen molar-refractivity contribution in [3.63, 3.8) is 0 Å². The van der Waals surface area contributed by atoms with E-state index >= 15 is 0 Å². The van der Waals surface area contributed by atoms with E-state index in [1.807, 2.05) is 7.05 Å². The maximum absolute atomic E-state index is 11.3. The quantitative estimate of drug-likeness (QED) is 0.370. The van der Waals surface area contributed by atoms with Crippen molar-refractivity contribution in [3.8, 4) is 0 Å². The number of hydrogen-bond donors (Lipinski definition) is 2. The van der Waals surface area contributed by atoms with Crippen molar-refractivity contribution in [1.29, 1.82) is 0 Å². The molecule has 1 fully saturated rings. The summed E-state index contributed by atoms with van der Waals surface area (Å²) in [5, 5.41) is 5.81. The third kappa shape index (κ3) is 22.9. The lowest BCUT2D eigenvalue weighted by Crippen LogP contribution is -2.25. The smallest absolute Gasteiger partial charge is 0.220 e. The molecule has 7 nitrogen and oxygen atoms in total. The van der Waals surface area contributed by atoms with Gasteiger partial charge < -0.3 is 29.6 Å². The second-order valence-corrected chi connectivity index (χ2v) is 6.61. The van der Waals surface area contributed by atoms with Gasteiger partial charge in [-0.2, -0.15) is 0 Å². The maximum Gasteiger partial charge on any atom is 0.220 e. The van der Waals surface area contributed by atoms with Crippen LogP contribution in [0.15, 0.2) is 0 Å². The monoisotopic (exact) mass is 391 g/mol. The summed E-state index contributed by atoms with van der Waals surface area (Å²) < 4.78 is 16.2. The lowest BCUT2D eigenvalue weighted by atomic mass is 10.0. The average Bonchev–Trinajstić information content (AvgIpc) is 2.58. The molecule has 1 aliphatic rings. The molecule has 0 spiro atoms. The summed E-state index contributed by atoms with van der Waals surface area (Å²) in [6.07, 6.45) is 8.32. The zero-order valence-corrected chi connectivity index (χ0v) is 17.4. The third-order valence-corrected chi connectivity index (χ3v) is 3.95. The summed E-state index contributed by atoms with van der Waals surface area (Å²) in [5.41, 5.74) is 0. The molecule has 0 saturated heterocycles. The van der Waals surface area contributed by atoms with Gasteiger partial charge in [-0.3, -0.25) is 4.79 Å². The van der Waals surface area contributed by atoms with Crippen LogP contribution in [-0.2, 0) is 23.8 Å². The van der Waals surface area contributed by atoms with Gasteiger partial charge in [-0.25, -0.2) is 0 Å². The number of Topliss-reactive ketones (excluding diaryl/α,β-unsaturated/α-hetero) is 1. The van der Waals surface area contributed by atoms with Crippen molar-refractivity contribution >= 4 is 11.7 Å². The molecule has 0 atom stereocenters. The minimum absolute atomic E-state index is 0. The minimum atomic E-state index is -0.0850. The Morgan fingerprint density at radius 3 is 1.70 bits per heavy atom. The van der Waals surface area contributed by atoms with Crippen LogP contribution in [0.2, 0.25) is 0 Å². The molecule has 0 aromatic rings. The van der Waals surface area contributed by atoms with E-state index < -0.39 is 0 Å². The zero-order valence-electron chi connectivity index (χ0n) is 17.4. The van der Waals surface area contributed by atoms with Crippen LogP contribution in [0, 0.1) is 0 Å². The summed E-state index contributed by atoms with van der Waals surface area (Å²) in [6.45, 7) is 6.62. The van der Waals surface area contributed by atoms with Crippen LogP contribution >= 0.6 is 0 Å². The SMILES string of the molecule is C1CCC1.CNCCCOCCOCCOCCCNC(=O)CCC(C)=O.[2HH]. The van der Waals surface area contributed by atoms with Crippen molar-refractivity contribution in [1.82, 2.24) is 10.6 Å². The van der Waals surface area contributed by atoms with Crippen LogP contribution in [0.4, 0.5) is 0 Å². The van der Waals surface area contributed by atoms with Crippen LogP contribution in [0.5, 0.6) is 0 Å². The van der Waals surface area contributed by atoms with Gasteiger partial charge in [-0.15, -0.1) is 0 Å². The number of amides is 1. The standard InChI is InChI=1S/C16H32N2O5.C4H8.H2/c1-15(19)5-6-16(20)18-8-4-10-22-12-14-23-13-11-21-9-3-7-17-2;1-2-4-3-1;/h17H,3-14H2,1-2H3,(H,18,20);1-4H2;1H/i;;1+1. The summed E-state index contributed by atoms with van der Waals surface area (Å²) in [7, 11) is 1.92. The van der Waals surface area contributed by atoms with Crippen molar-refractivity contribution < 1.29 is 25.2 Å². The van der Waals surface area contributed by atoms with E-state index in [1.165, 1.54) is 32.6 Å². The molecule has 162 valence electrons. The van der Waals surface area contributed by atoms with Gasteiger partial charge in [0, 0.05) is 34.0 Å². The molecule has 1 amide bonds. The third-order valence-electron chi connectivity index (χ3n) is 3.95. The van der Waals surface area contributed by atoms with Gasteiger partial charge in [0.15, 0.2) is 0 Å².